The monoisotopic (exact) mass is 671 g/mol. The lowest BCUT2D eigenvalue weighted by molar-refractivity contribution is -0.138. The molecule has 0 radical (unpaired) electrons. The highest BCUT2D eigenvalue weighted by Crippen LogP contribution is 2.35. The van der Waals surface area contributed by atoms with Crippen molar-refractivity contribution in [1.29, 1.82) is 0 Å². The molecule has 0 bridgehead atoms. The number of nitrogens with zero attached hydrogens (tertiary/aromatic N) is 3. The summed E-state index contributed by atoms with van der Waals surface area (Å²) in [7, 11) is -3.00. The summed E-state index contributed by atoms with van der Waals surface area (Å²) < 4.78 is 44.5. The molecule has 0 unspecified atom stereocenters. The van der Waals surface area contributed by atoms with Crippen molar-refractivity contribution < 1.29 is 37.3 Å². The number of thioether (sulfide) groups is 1. The molecule has 0 spiro atoms. The summed E-state index contributed by atoms with van der Waals surface area (Å²) in [4.78, 5) is 32.1. The van der Waals surface area contributed by atoms with Crippen LogP contribution >= 0.6 is 35.0 Å². The first-order chi connectivity index (χ1) is 19.1. The lowest BCUT2D eigenvalue weighted by atomic mass is 10.2. The smallest absolute Gasteiger partial charge is 0.408 e. The molecule has 0 aliphatic carbocycles. The number of ether oxygens (including phenoxy) is 3. The molecule has 17 heteroatoms. The van der Waals surface area contributed by atoms with Gasteiger partial charge in [0.2, 0.25) is 5.82 Å². The molecule has 0 saturated heterocycles. The van der Waals surface area contributed by atoms with E-state index in [0.717, 1.165) is 16.1 Å². The molecule has 0 fully saturated rings. The quantitative estimate of drug-likeness (QED) is 0.130. The highest BCUT2D eigenvalue weighted by atomic mass is 35.5. The Bertz CT molecular complexity index is 1330. The van der Waals surface area contributed by atoms with Crippen LogP contribution in [0.15, 0.2) is 34.3 Å². The molecule has 1 amide bonds. The highest BCUT2D eigenvalue weighted by Gasteiger charge is 2.33. The number of methoxy groups -OCH3 is 1. The number of aromatic nitrogens is 2. The molecule has 1 atom stereocenters. The van der Waals surface area contributed by atoms with Gasteiger partial charge in [-0.1, -0.05) is 29.3 Å². The number of hydrogen-bond acceptors (Lipinski definition) is 10. The number of nitrogens with one attached hydrogen (secondary N) is 1. The van der Waals surface area contributed by atoms with E-state index in [9.17, 15) is 23.1 Å². The molecular formula is C24H33Cl2N4O8S3+. The molecule has 228 valence electrons. The first kappa shape index (κ1) is 35.0. The standard InChI is InChI=1S/C24H32Cl2N4O8S3/c1-24(2,3)38-23(33)28-16(22(31)32)13-39-18-12-27-20(21(29-18)36-4)30(14-37-10-11-40(5)6)41(34,35)17-9-7-8-15(25)19(17)26/h7-9,12,16H,10-11,13-14H2,1-6H3,(H-,28,31,32,33)/p+1/t16-/m0/s1. The fourth-order valence-corrected chi connectivity index (χ4v) is 6.27. The number of hydrogen-bond donors (Lipinski definition) is 2. The Morgan fingerprint density at radius 2 is 1.93 bits per heavy atom. The van der Waals surface area contributed by atoms with Crippen LogP contribution in [0.1, 0.15) is 20.8 Å². The van der Waals surface area contributed by atoms with E-state index < -0.39 is 40.5 Å². The minimum Gasteiger partial charge on any atom is -0.480 e. The zero-order chi connectivity index (χ0) is 31.0. The van der Waals surface area contributed by atoms with Gasteiger partial charge in [-0.15, -0.1) is 11.8 Å². The van der Waals surface area contributed by atoms with Crippen LogP contribution in [-0.2, 0) is 35.2 Å². The Kier molecular flexibility index (Phi) is 13.1. The summed E-state index contributed by atoms with van der Waals surface area (Å²) in [5.41, 5.74) is -0.810. The van der Waals surface area contributed by atoms with Gasteiger partial charge in [0.05, 0.1) is 42.5 Å². The number of alkyl carbamates (subject to hydrolysis) is 1. The number of anilines is 1. The molecule has 1 aromatic carbocycles. The molecule has 0 aliphatic rings. The fourth-order valence-electron chi connectivity index (χ4n) is 2.94. The fraction of sp³-hybridized carbons (Fsp3) is 0.500. The summed E-state index contributed by atoms with van der Waals surface area (Å²) in [5.74, 6) is -1.05. The number of amides is 1. The van der Waals surface area contributed by atoms with Gasteiger partial charge in [0, 0.05) is 5.75 Å². The number of carboxylic acid groups (broad SMARTS) is 1. The Balaban J connectivity index is 2.37. The summed E-state index contributed by atoms with van der Waals surface area (Å²) >= 11 is 13.3. The summed E-state index contributed by atoms with van der Waals surface area (Å²) in [6, 6.07) is 2.91. The van der Waals surface area contributed by atoms with Crippen molar-refractivity contribution in [2.75, 3.05) is 48.8 Å². The first-order valence-electron chi connectivity index (χ1n) is 11.9. The Morgan fingerprint density at radius 1 is 1.24 bits per heavy atom. The molecule has 2 aromatic rings. The maximum Gasteiger partial charge on any atom is 0.408 e. The van der Waals surface area contributed by atoms with E-state index >= 15 is 0 Å². The van der Waals surface area contributed by atoms with E-state index in [2.05, 4.69) is 15.3 Å². The van der Waals surface area contributed by atoms with Crippen LogP contribution in [0.25, 0.3) is 0 Å². The lowest BCUT2D eigenvalue weighted by Crippen LogP contribution is -2.44. The van der Waals surface area contributed by atoms with Crippen LogP contribution < -0.4 is 14.4 Å². The average molecular weight is 673 g/mol. The molecule has 2 N–H and O–H groups in total. The van der Waals surface area contributed by atoms with E-state index in [-0.39, 0.29) is 54.9 Å². The SMILES string of the molecule is COc1nc(SC[C@H](NC(=O)OC(C)(C)C)C(=O)O)cnc1N(COCC[S+](C)C)S(=O)(=O)c1cccc(Cl)c1Cl. The first-order valence-corrected chi connectivity index (χ1v) is 17.3. The maximum atomic E-state index is 13.7. The predicted octanol–water partition coefficient (Wildman–Crippen LogP) is 3.91. The zero-order valence-electron chi connectivity index (χ0n) is 23.3. The second kappa shape index (κ2) is 15.3. The van der Waals surface area contributed by atoms with E-state index in [1.807, 2.05) is 12.5 Å². The van der Waals surface area contributed by atoms with Crippen LogP contribution in [0.4, 0.5) is 10.6 Å². The van der Waals surface area contributed by atoms with Gasteiger partial charge in [0.15, 0.2) is 0 Å². The van der Waals surface area contributed by atoms with Crippen LogP contribution in [0.2, 0.25) is 10.0 Å². The normalized spacial score (nSPS) is 12.6. The van der Waals surface area contributed by atoms with Gasteiger partial charge in [-0.25, -0.2) is 32.3 Å². The second-order valence-electron chi connectivity index (χ2n) is 9.52. The predicted molar refractivity (Wildman–Crippen MR) is 161 cm³/mol. The molecule has 12 nitrogen and oxygen atoms in total. The maximum absolute atomic E-state index is 13.7. The molecule has 1 aromatic heterocycles. The molecular weight excluding hydrogens is 639 g/mol. The summed E-state index contributed by atoms with van der Waals surface area (Å²) in [6.07, 6.45) is 4.44. The van der Waals surface area contributed by atoms with Gasteiger partial charge in [-0.3, -0.25) is 0 Å². The van der Waals surface area contributed by atoms with Crippen molar-refractivity contribution in [1.82, 2.24) is 15.3 Å². The number of carboxylic acids is 1. The van der Waals surface area contributed by atoms with Crippen molar-refractivity contribution in [2.45, 2.75) is 42.3 Å². The minimum atomic E-state index is -4.35. The van der Waals surface area contributed by atoms with E-state index in [1.165, 1.54) is 31.5 Å². The Morgan fingerprint density at radius 3 is 2.51 bits per heavy atom. The van der Waals surface area contributed by atoms with Crippen molar-refractivity contribution >= 4 is 73.8 Å². The second-order valence-corrected chi connectivity index (χ2v) is 15.6. The van der Waals surface area contributed by atoms with E-state index in [4.69, 9.17) is 37.4 Å². The van der Waals surface area contributed by atoms with Gasteiger partial charge >= 0.3 is 12.1 Å². The van der Waals surface area contributed by atoms with Crippen molar-refractivity contribution in [3.05, 3.63) is 34.4 Å². The largest absolute Gasteiger partial charge is 0.480 e. The van der Waals surface area contributed by atoms with Gasteiger partial charge in [0.25, 0.3) is 15.9 Å². The van der Waals surface area contributed by atoms with Crippen LogP contribution in [0.3, 0.4) is 0 Å². The Labute approximate surface area is 256 Å². The number of halogens is 2. The van der Waals surface area contributed by atoms with Crippen LogP contribution in [0, 0.1) is 0 Å². The third-order valence-corrected chi connectivity index (χ3v) is 9.51. The molecule has 0 aliphatic heterocycles. The topological polar surface area (TPSA) is 157 Å². The molecule has 2 rings (SSSR count). The summed E-state index contributed by atoms with van der Waals surface area (Å²) in [6.45, 7) is 4.83. The van der Waals surface area contributed by atoms with E-state index in [1.54, 1.807) is 20.8 Å². The minimum absolute atomic E-state index is 0.0485. The van der Waals surface area contributed by atoms with Crippen molar-refractivity contribution in [2.24, 2.45) is 0 Å². The van der Waals surface area contributed by atoms with Crippen molar-refractivity contribution in [3.8, 4) is 5.88 Å². The van der Waals surface area contributed by atoms with Crippen LogP contribution in [0.5, 0.6) is 5.88 Å². The number of aliphatic carboxylic acids is 1. The van der Waals surface area contributed by atoms with Gasteiger partial charge in [-0.2, -0.15) is 0 Å². The van der Waals surface area contributed by atoms with E-state index in [0.29, 0.717) is 5.75 Å². The molecule has 0 saturated carbocycles. The van der Waals surface area contributed by atoms with Gasteiger partial charge in [-0.05, 0) is 43.8 Å². The molecule has 1 heterocycles. The van der Waals surface area contributed by atoms with Gasteiger partial charge in [0.1, 0.15) is 34.0 Å². The highest BCUT2D eigenvalue weighted by molar-refractivity contribution is 7.99. The van der Waals surface area contributed by atoms with Gasteiger partial charge < -0.3 is 24.6 Å². The van der Waals surface area contributed by atoms with Crippen LogP contribution in [-0.4, -0.2) is 91.7 Å². The van der Waals surface area contributed by atoms with Crippen molar-refractivity contribution in [3.63, 3.8) is 0 Å². The molecule has 41 heavy (non-hydrogen) atoms. The lowest BCUT2D eigenvalue weighted by Gasteiger charge is -2.25. The number of carbonyl (C=O) groups is 2. The number of rotatable bonds is 14. The number of sulfonamides is 1. The summed E-state index contributed by atoms with van der Waals surface area (Å²) in [5, 5.41) is 11.9. The zero-order valence-corrected chi connectivity index (χ0v) is 27.3. The number of carbonyl (C=O) groups excluding carboxylic acids is 1. The third-order valence-electron chi connectivity index (χ3n) is 4.85. The number of benzene rings is 1. The Hall–Kier alpha value is -2.17. The third kappa shape index (κ3) is 10.6. The average Bonchev–Trinajstić information content (AvgIpc) is 2.86.